The van der Waals surface area contributed by atoms with E-state index in [-0.39, 0.29) is 18.2 Å². The first kappa shape index (κ1) is 24.8. The van der Waals surface area contributed by atoms with Gasteiger partial charge in [0.1, 0.15) is 30.9 Å². The molecule has 196 valence electrons. The number of hydrogen-bond donors (Lipinski definition) is 3. The van der Waals surface area contributed by atoms with Crippen LogP contribution in [0.5, 0.6) is 11.6 Å². The van der Waals surface area contributed by atoms with Gasteiger partial charge in [0.05, 0.1) is 12.3 Å². The van der Waals surface area contributed by atoms with E-state index in [2.05, 4.69) is 30.1 Å². The van der Waals surface area contributed by atoms with Gasteiger partial charge in [0.15, 0.2) is 17.4 Å². The summed E-state index contributed by atoms with van der Waals surface area (Å²) in [6.45, 7) is -0.796. The second kappa shape index (κ2) is 10.2. The number of nitrogens with one attached hydrogen (secondary N) is 1. The molecule has 0 saturated carbocycles. The van der Waals surface area contributed by atoms with Gasteiger partial charge in [-0.25, -0.2) is 9.97 Å². The maximum atomic E-state index is 12.4. The minimum absolute atomic E-state index is 0.0396. The molecule has 37 heavy (non-hydrogen) atoms. The molecule has 0 spiro atoms. The normalized spacial score (nSPS) is 21.6. The number of nitrogens with zero attached hydrogens (tertiary/aromatic N) is 6. The topological polar surface area (TPSA) is 142 Å². The van der Waals surface area contributed by atoms with Crippen molar-refractivity contribution >= 4 is 17.1 Å². The molecule has 4 aromatic rings. The summed E-state index contributed by atoms with van der Waals surface area (Å²) >= 11 is 0. The standard InChI is InChI=1S/C23H25F2N7O5/c1-12-17(33)18(34)21(36-12)32-19-16(30-23(32)26-7-14-8-29-31(2)9-14)20(28-11-27-19)35-10-13-3-5-15(6-4-13)37-22(24)25/h3-6,8-9,11-12,17-18,21-22,33-34H,7,10H2,1-2H3,(H,26,30)/t12-,17-,18-,21-/m1/s1. The van der Waals surface area contributed by atoms with E-state index in [1.807, 2.05) is 13.2 Å². The first-order valence-corrected chi connectivity index (χ1v) is 11.4. The van der Waals surface area contributed by atoms with Crippen molar-refractivity contribution in [1.82, 2.24) is 29.3 Å². The second-order valence-electron chi connectivity index (χ2n) is 8.56. The van der Waals surface area contributed by atoms with Crippen LogP contribution in [0.3, 0.4) is 0 Å². The zero-order chi connectivity index (χ0) is 26.1. The van der Waals surface area contributed by atoms with E-state index in [1.54, 1.807) is 34.5 Å². The summed E-state index contributed by atoms with van der Waals surface area (Å²) in [5.74, 6) is 0.531. The smallest absolute Gasteiger partial charge is 0.387 e. The third-order valence-corrected chi connectivity index (χ3v) is 5.91. The molecule has 0 amide bonds. The molecule has 1 fully saturated rings. The van der Waals surface area contributed by atoms with Crippen LogP contribution in [0.4, 0.5) is 14.7 Å². The fraction of sp³-hybridized carbons (Fsp3) is 0.391. The van der Waals surface area contributed by atoms with Gasteiger partial charge in [-0.2, -0.15) is 18.9 Å². The molecule has 14 heteroatoms. The van der Waals surface area contributed by atoms with Crippen LogP contribution in [-0.4, -0.2) is 64.4 Å². The number of halogens is 2. The maximum absolute atomic E-state index is 12.4. The molecular formula is C23H25F2N7O5. The number of imidazole rings is 1. The minimum Gasteiger partial charge on any atom is -0.471 e. The van der Waals surface area contributed by atoms with Gasteiger partial charge in [0.2, 0.25) is 11.8 Å². The number of aryl methyl sites for hydroxylation is 1. The van der Waals surface area contributed by atoms with Gasteiger partial charge in [0, 0.05) is 25.4 Å². The van der Waals surface area contributed by atoms with E-state index in [4.69, 9.17) is 9.47 Å². The number of aliphatic hydroxyl groups is 2. The van der Waals surface area contributed by atoms with Crippen LogP contribution >= 0.6 is 0 Å². The average molecular weight is 517 g/mol. The summed E-state index contributed by atoms with van der Waals surface area (Å²) in [7, 11) is 1.81. The Kier molecular flexibility index (Phi) is 6.86. The van der Waals surface area contributed by atoms with E-state index >= 15 is 0 Å². The summed E-state index contributed by atoms with van der Waals surface area (Å²) in [6.07, 6.45) is 0.955. The van der Waals surface area contributed by atoms with Gasteiger partial charge in [-0.3, -0.25) is 9.25 Å². The molecule has 0 bridgehead atoms. The zero-order valence-corrected chi connectivity index (χ0v) is 19.9. The van der Waals surface area contributed by atoms with Crippen LogP contribution in [0, 0.1) is 0 Å². The third-order valence-electron chi connectivity index (χ3n) is 5.91. The molecule has 1 saturated heterocycles. The minimum atomic E-state index is -2.90. The zero-order valence-electron chi connectivity index (χ0n) is 19.9. The largest absolute Gasteiger partial charge is 0.471 e. The van der Waals surface area contributed by atoms with E-state index in [1.165, 1.54) is 18.5 Å². The molecule has 4 heterocycles. The fourth-order valence-corrected chi connectivity index (χ4v) is 4.06. The number of anilines is 1. The van der Waals surface area contributed by atoms with Gasteiger partial charge in [0.25, 0.3) is 0 Å². The first-order chi connectivity index (χ1) is 17.8. The summed E-state index contributed by atoms with van der Waals surface area (Å²) in [6, 6.07) is 6.03. The van der Waals surface area contributed by atoms with Crippen molar-refractivity contribution in [2.75, 3.05) is 5.32 Å². The fourth-order valence-electron chi connectivity index (χ4n) is 4.06. The highest BCUT2D eigenvalue weighted by Gasteiger charge is 2.43. The number of aromatic nitrogens is 6. The molecule has 3 N–H and O–H groups in total. The van der Waals surface area contributed by atoms with Crippen LogP contribution in [0.2, 0.25) is 0 Å². The number of aliphatic hydroxyl groups excluding tert-OH is 2. The molecule has 1 aromatic carbocycles. The molecule has 5 rings (SSSR count). The Balaban J connectivity index is 1.44. The van der Waals surface area contributed by atoms with E-state index in [9.17, 15) is 19.0 Å². The number of ether oxygens (including phenoxy) is 3. The average Bonchev–Trinajstić information content (AvgIpc) is 3.53. The van der Waals surface area contributed by atoms with Gasteiger partial charge < -0.3 is 29.7 Å². The quantitative estimate of drug-likeness (QED) is 0.302. The molecule has 0 aliphatic carbocycles. The molecule has 1 aliphatic heterocycles. The van der Waals surface area contributed by atoms with E-state index in [0.29, 0.717) is 29.2 Å². The first-order valence-electron chi connectivity index (χ1n) is 11.4. The lowest BCUT2D eigenvalue weighted by Crippen LogP contribution is -2.30. The van der Waals surface area contributed by atoms with Crippen LogP contribution in [0.15, 0.2) is 43.0 Å². The highest BCUT2D eigenvalue weighted by molar-refractivity contribution is 5.79. The third kappa shape index (κ3) is 5.16. The molecular weight excluding hydrogens is 492 g/mol. The molecule has 1 aliphatic rings. The van der Waals surface area contributed by atoms with Crippen molar-refractivity contribution in [1.29, 1.82) is 0 Å². The van der Waals surface area contributed by atoms with Crippen molar-refractivity contribution < 1.29 is 33.2 Å². The Labute approximate surface area is 209 Å². The van der Waals surface area contributed by atoms with Crippen LogP contribution in [0.25, 0.3) is 11.2 Å². The molecule has 0 radical (unpaired) electrons. The number of benzene rings is 1. The van der Waals surface area contributed by atoms with E-state index in [0.717, 1.165) is 5.56 Å². The monoisotopic (exact) mass is 517 g/mol. The molecule has 3 aromatic heterocycles. The second-order valence-corrected chi connectivity index (χ2v) is 8.56. The van der Waals surface area contributed by atoms with Crippen LogP contribution < -0.4 is 14.8 Å². The highest BCUT2D eigenvalue weighted by Crippen LogP contribution is 2.36. The summed E-state index contributed by atoms with van der Waals surface area (Å²) < 4.78 is 44.1. The number of hydrogen-bond acceptors (Lipinski definition) is 10. The Morgan fingerprint density at radius 3 is 2.57 bits per heavy atom. The lowest BCUT2D eigenvalue weighted by atomic mass is 10.1. The number of fused-ring (bicyclic) bond motifs is 1. The Hall–Kier alpha value is -3.88. The van der Waals surface area contributed by atoms with Gasteiger partial charge in [-0.15, -0.1) is 0 Å². The predicted molar refractivity (Wildman–Crippen MR) is 125 cm³/mol. The van der Waals surface area contributed by atoms with Gasteiger partial charge >= 0.3 is 6.61 Å². The van der Waals surface area contributed by atoms with Gasteiger partial charge in [-0.05, 0) is 24.6 Å². The summed E-state index contributed by atoms with van der Waals surface area (Å²) in [5.41, 5.74) is 2.21. The molecule has 4 atom stereocenters. The van der Waals surface area contributed by atoms with Crippen molar-refractivity contribution in [2.24, 2.45) is 7.05 Å². The van der Waals surface area contributed by atoms with Crippen LogP contribution in [-0.2, 0) is 24.9 Å². The summed E-state index contributed by atoms with van der Waals surface area (Å²) in [5, 5.41) is 28.3. The lowest BCUT2D eigenvalue weighted by Gasteiger charge is -2.19. The number of alkyl halides is 2. The van der Waals surface area contributed by atoms with Crippen molar-refractivity contribution in [3.63, 3.8) is 0 Å². The lowest BCUT2D eigenvalue weighted by molar-refractivity contribution is -0.0498. The van der Waals surface area contributed by atoms with Crippen molar-refractivity contribution in [3.05, 3.63) is 54.1 Å². The van der Waals surface area contributed by atoms with Crippen LogP contribution in [0.1, 0.15) is 24.3 Å². The highest BCUT2D eigenvalue weighted by atomic mass is 19.3. The van der Waals surface area contributed by atoms with Crippen molar-refractivity contribution in [3.8, 4) is 11.6 Å². The van der Waals surface area contributed by atoms with Crippen molar-refractivity contribution in [2.45, 2.75) is 51.2 Å². The molecule has 0 unspecified atom stereocenters. The maximum Gasteiger partial charge on any atom is 0.387 e. The Morgan fingerprint density at radius 2 is 1.92 bits per heavy atom. The summed E-state index contributed by atoms with van der Waals surface area (Å²) in [4.78, 5) is 13.2. The SMILES string of the molecule is C[C@H]1O[C@@H](n2c(NCc3cnn(C)c3)nc3c(OCc4ccc(OC(F)F)cc4)ncnc32)[C@H](O)[C@@H]1O. The molecule has 12 nitrogen and oxygen atoms in total. The Morgan fingerprint density at radius 1 is 1.14 bits per heavy atom. The Bertz CT molecular complexity index is 1360. The van der Waals surface area contributed by atoms with Gasteiger partial charge in [-0.1, -0.05) is 12.1 Å². The number of rotatable bonds is 9. The predicted octanol–water partition coefficient (Wildman–Crippen LogP) is 1.99. The van der Waals surface area contributed by atoms with E-state index < -0.39 is 31.2 Å².